The van der Waals surface area contributed by atoms with E-state index in [0.717, 1.165) is 18.2 Å². The molecule has 0 unspecified atom stereocenters. The number of nitrogens with zero attached hydrogens (tertiary/aromatic N) is 4. The third-order valence-corrected chi connectivity index (χ3v) is 8.01. The minimum absolute atomic E-state index is 0.0336. The highest BCUT2D eigenvalue weighted by Crippen LogP contribution is 2.32. The van der Waals surface area contributed by atoms with Gasteiger partial charge in [0.1, 0.15) is 5.82 Å². The van der Waals surface area contributed by atoms with E-state index in [2.05, 4.69) is 9.62 Å². The van der Waals surface area contributed by atoms with Crippen molar-refractivity contribution in [2.24, 2.45) is 5.92 Å². The summed E-state index contributed by atoms with van der Waals surface area (Å²) in [6.45, 7) is 0.364. The van der Waals surface area contributed by atoms with Crippen LogP contribution in [0.2, 0.25) is 0 Å². The summed E-state index contributed by atoms with van der Waals surface area (Å²) < 4.78 is 18.4. The Balaban J connectivity index is 1.30. The summed E-state index contributed by atoms with van der Waals surface area (Å²) in [7, 11) is 0. The van der Waals surface area contributed by atoms with Crippen LogP contribution in [-0.2, 0) is 16.0 Å². The molecule has 2 fully saturated rings. The van der Waals surface area contributed by atoms with Crippen LogP contribution in [0.25, 0.3) is 10.9 Å². The number of amides is 3. The number of ketones is 1. The van der Waals surface area contributed by atoms with Gasteiger partial charge < -0.3 is 34.6 Å². The maximum absolute atomic E-state index is 13.5. The molecule has 0 radical (unpaired) electrons. The number of likely N-dealkylation sites (tertiary alicyclic amines) is 1. The Hall–Kier alpha value is -4.69. The van der Waals surface area contributed by atoms with Gasteiger partial charge in [-0.1, -0.05) is 12.1 Å². The van der Waals surface area contributed by atoms with Gasteiger partial charge in [-0.25, -0.2) is 14.4 Å². The number of aliphatic hydroxyl groups is 1. The number of aromatic nitrogens is 1. The lowest BCUT2D eigenvalue weighted by atomic mass is 9.90. The smallest absolute Gasteiger partial charge is 0.411 e. The molecule has 13 nitrogen and oxygen atoms in total. The Labute approximate surface area is 245 Å². The second kappa shape index (κ2) is 12.7. The number of carbonyl (C=O) groups is 4. The first-order chi connectivity index (χ1) is 20.7. The number of Topliss-reactive ketones (excluding diaryl/α,β-unsaturated/α-hetero) is 1. The van der Waals surface area contributed by atoms with E-state index >= 15 is 0 Å². The van der Waals surface area contributed by atoms with Gasteiger partial charge in [-0.05, 0) is 48.9 Å². The highest BCUT2D eigenvalue weighted by atomic mass is 19.1. The molecule has 2 saturated heterocycles. The molecule has 0 bridgehead atoms. The van der Waals surface area contributed by atoms with Gasteiger partial charge in [0.05, 0.1) is 22.8 Å². The summed E-state index contributed by atoms with van der Waals surface area (Å²) in [6, 6.07) is 8.86. The van der Waals surface area contributed by atoms with Gasteiger partial charge >= 0.3 is 6.09 Å². The van der Waals surface area contributed by atoms with E-state index in [-0.39, 0.29) is 59.8 Å². The largest absolute Gasteiger partial charge is 0.428 e. The summed E-state index contributed by atoms with van der Waals surface area (Å²) in [5, 5.41) is 28.9. The number of rotatable bonds is 7. The van der Waals surface area contributed by atoms with Crippen molar-refractivity contribution in [2.75, 3.05) is 46.1 Å². The number of piperazine rings is 1. The third kappa shape index (κ3) is 6.24. The molecular formula is C29H31FN4O9. The van der Waals surface area contributed by atoms with Gasteiger partial charge in [0.25, 0.3) is 17.6 Å². The molecule has 3 amide bonds. The molecule has 0 atom stereocenters. The molecule has 0 aliphatic carbocycles. The number of fused-ring (bicyclic) bond motifs is 1. The second-order valence-corrected chi connectivity index (χ2v) is 10.6. The van der Waals surface area contributed by atoms with Gasteiger partial charge in [0, 0.05) is 50.7 Å². The first-order valence-electron chi connectivity index (χ1n) is 13.8. The normalized spacial score (nSPS) is 15.9. The molecule has 5 rings (SSSR count). The van der Waals surface area contributed by atoms with E-state index in [0.29, 0.717) is 36.6 Å². The molecule has 2 aromatic carbocycles. The highest BCUT2D eigenvalue weighted by molar-refractivity contribution is 6.45. The maximum Gasteiger partial charge on any atom is 0.411 e. The van der Waals surface area contributed by atoms with Crippen molar-refractivity contribution in [1.82, 2.24) is 19.4 Å². The van der Waals surface area contributed by atoms with Crippen LogP contribution in [-0.4, -0.2) is 105 Å². The number of carbonyl (C=O) groups excluding carboxylic acids is 4. The topological polar surface area (TPSA) is 162 Å². The summed E-state index contributed by atoms with van der Waals surface area (Å²) in [5.74, 6) is -2.47. The van der Waals surface area contributed by atoms with Gasteiger partial charge in [0.15, 0.2) is 12.5 Å². The fourth-order valence-electron chi connectivity index (χ4n) is 5.62. The number of piperidine rings is 1. The molecule has 3 heterocycles. The molecule has 0 saturated carbocycles. The minimum Gasteiger partial charge on any atom is -0.428 e. The van der Waals surface area contributed by atoms with Crippen molar-refractivity contribution < 1.29 is 48.8 Å². The van der Waals surface area contributed by atoms with Crippen molar-refractivity contribution >= 4 is 34.6 Å². The van der Waals surface area contributed by atoms with Crippen LogP contribution >= 0.6 is 0 Å². The molecule has 2 aliphatic heterocycles. The number of halogens is 1. The lowest BCUT2D eigenvalue weighted by molar-refractivity contribution is -0.138. The molecule has 2 aliphatic rings. The van der Waals surface area contributed by atoms with Crippen LogP contribution in [0.4, 0.5) is 9.18 Å². The van der Waals surface area contributed by atoms with Crippen LogP contribution in [0.1, 0.15) is 39.1 Å². The lowest BCUT2D eigenvalue weighted by Crippen LogP contribution is -2.52. The summed E-state index contributed by atoms with van der Waals surface area (Å²) in [6.07, 6.45) is 2.48. The monoisotopic (exact) mass is 598 g/mol. The van der Waals surface area contributed by atoms with E-state index in [1.807, 2.05) is 0 Å². The van der Waals surface area contributed by atoms with Crippen LogP contribution in [0.5, 0.6) is 5.75 Å². The summed E-state index contributed by atoms with van der Waals surface area (Å²) >= 11 is 0. The second-order valence-electron chi connectivity index (χ2n) is 10.6. The number of hydrogen-bond donors (Lipinski definition) is 3. The first kappa shape index (κ1) is 29.8. The average molecular weight is 599 g/mol. The minimum atomic E-state index is -0.929. The zero-order valence-corrected chi connectivity index (χ0v) is 23.1. The Bertz CT molecular complexity index is 1520. The number of benzene rings is 2. The molecule has 3 aromatic rings. The van der Waals surface area contributed by atoms with E-state index in [9.17, 15) is 34.0 Å². The number of ether oxygens (including phenoxy) is 1. The van der Waals surface area contributed by atoms with Crippen molar-refractivity contribution in [3.8, 4) is 5.75 Å². The van der Waals surface area contributed by atoms with Crippen molar-refractivity contribution in [3.63, 3.8) is 0 Å². The van der Waals surface area contributed by atoms with Gasteiger partial charge in [-0.3, -0.25) is 14.4 Å². The quantitative estimate of drug-likeness (QED) is 0.0926. The Kier molecular flexibility index (Phi) is 8.78. The Morgan fingerprint density at radius 3 is 2.16 bits per heavy atom. The maximum atomic E-state index is 13.5. The SMILES string of the molecule is O=C(C(=O)N1CCN(C(=O)OCO)CC1)c1cn(O)c2cc(OO)c(C(=O)N3CCC(Cc4ccc(F)cc4)CC3)cc12. The van der Waals surface area contributed by atoms with Gasteiger partial charge in [0.2, 0.25) is 0 Å². The van der Waals surface area contributed by atoms with Gasteiger partial charge in [-0.2, -0.15) is 4.73 Å². The zero-order chi connectivity index (χ0) is 30.7. The van der Waals surface area contributed by atoms with E-state index < -0.39 is 30.5 Å². The van der Waals surface area contributed by atoms with Crippen LogP contribution in [0, 0.1) is 11.7 Å². The summed E-state index contributed by atoms with van der Waals surface area (Å²) in [5.41, 5.74) is 0.849. The molecule has 43 heavy (non-hydrogen) atoms. The average Bonchev–Trinajstić information content (AvgIpc) is 3.36. The molecule has 0 spiro atoms. The zero-order valence-electron chi connectivity index (χ0n) is 23.1. The fraction of sp³-hybridized carbons (Fsp3) is 0.379. The third-order valence-electron chi connectivity index (χ3n) is 8.01. The van der Waals surface area contributed by atoms with E-state index in [1.54, 1.807) is 17.0 Å². The number of hydrogen-bond acceptors (Lipinski definition) is 9. The summed E-state index contributed by atoms with van der Waals surface area (Å²) in [4.78, 5) is 60.3. The number of aliphatic hydroxyl groups excluding tert-OH is 1. The molecule has 228 valence electrons. The Morgan fingerprint density at radius 1 is 0.884 bits per heavy atom. The first-order valence-corrected chi connectivity index (χ1v) is 13.8. The molecular weight excluding hydrogens is 567 g/mol. The fourth-order valence-corrected chi connectivity index (χ4v) is 5.62. The van der Waals surface area contributed by atoms with Crippen LogP contribution in [0.15, 0.2) is 42.6 Å². The lowest BCUT2D eigenvalue weighted by Gasteiger charge is -2.33. The standard InChI is InChI=1S/C29H31FN4O9/c30-20-3-1-18(2-4-20)13-19-5-7-31(8-6-19)27(37)22-14-21-23(16-34(40)24(21)15-25(22)43-41)26(36)28(38)32-9-11-33(12-10-32)29(39)42-17-35/h1-4,14-16,19,35,40-41H,5-13,17H2. The van der Waals surface area contributed by atoms with Gasteiger partial charge in [-0.15, -0.1) is 0 Å². The molecule has 1 aromatic heterocycles. The molecule has 14 heteroatoms. The van der Waals surface area contributed by atoms with E-state index in [4.69, 9.17) is 5.11 Å². The van der Waals surface area contributed by atoms with E-state index in [1.165, 1.54) is 34.1 Å². The van der Waals surface area contributed by atoms with Crippen LogP contribution < -0.4 is 4.89 Å². The van der Waals surface area contributed by atoms with Crippen molar-refractivity contribution in [2.45, 2.75) is 19.3 Å². The highest BCUT2D eigenvalue weighted by Gasteiger charge is 2.32. The predicted octanol–water partition coefficient (Wildman–Crippen LogP) is 2.38. The Morgan fingerprint density at radius 2 is 1.53 bits per heavy atom. The van der Waals surface area contributed by atoms with Crippen LogP contribution in [0.3, 0.4) is 0 Å². The van der Waals surface area contributed by atoms with Crippen molar-refractivity contribution in [1.29, 1.82) is 0 Å². The van der Waals surface area contributed by atoms with Crippen molar-refractivity contribution in [3.05, 3.63) is 65.1 Å². The molecule has 3 N–H and O–H groups in total. The predicted molar refractivity (Wildman–Crippen MR) is 147 cm³/mol.